The SMILES string of the molecule is CCCCc1ccc(C2CCC(c3ccc(C)cc3)CC2)cc1. The van der Waals surface area contributed by atoms with Crippen LogP contribution in [0.25, 0.3) is 0 Å². The number of aryl methyl sites for hydroxylation is 2. The number of rotatable bonds is 5. The summed E-state index contributed by atoms with van der Waals surface area (Å²) in [6.07, 6.45) is 9.18. The first-order chi connectivity index (χ1) is 11.3. The van der Waals surface area contributed by atoms with E-state index in [0.29, 0.717) is 0 Å². The summed E-state index contributed by atoms with van der Waals surface area (Å²) >= 11 is 0. The van der Waals surface area contributed by atoms with Crippen molar-refractivity contribution in [3.05, 3.63) is 70.8 Å². The highest BCUT2D eigenvalue weighted by molar-refractivity contribution is 5.28. The highest BCUT2D eigenvalue weighted by Crippen LogP contribution is 2.40. The van der Waals surface area contributed by atoms with Gasteiger partial charge in [0.1, 0.15) is 0 Å². The lowest BCUT2D eigenvalue weighted by Crippen LogP contribution is -2.12. The van der Waals surface area contributed by atoms with Gasteiger partial charge in [-0.05, 0) is 74.0 Å². The highest BCUT2D eigenvalue weighted by atomic mass is 14.3. The molecule has 0 radical (unpaired) electrons. The minimum atomic E-state index is 0.774. The molecule has 0 heteroatoms. The van der Waals surface area contributed by atoms with Crippen molar-refractivity contribution < 1.29 is 0 Å². The van der Waals surface area contributed by atoms with E-state index in [0.717, 1.165) is 11.8 Å². The van der Waals surface area contributed by atoms with Crippen molar-refractivity contribution in [3.8, 4) is 0 Å². The van der Waals surface area contributed by atoms with Gasteiger partial charge < -0.3 is 0 Å². The summed E-state index contributed by atoms with van der Waals surface area (Å²) in [4.78, 5) is 0. The van der Waals surface area contributed by atoms with E-state index in [1.165, 1.54) is 56.1 Å². The zero-order chi connectivity index (χ0) is 16.1. The predicted molar refractivity (Wildman–Crippen MR) is 100 cm³/mol. The largest absolute Gasteiger partial charge is 0.0654 e. The lowest BCUT2D eigenvalue weighted by molar-refractivity contribution is 0.396. The third-order valence-corrected chi connectivity index (χ3v) is 5.55. The average molecular weight is 306 g/mol. The van der Waals surface area contributed by atoms with Crippen LogP contribution in [0.15, 0.2) is 48.5 Å². The van der Waals surface area contributed by atoms with Crippen LogP contribution in [0.1, 0.15) is 79.5 Å². The van der Waals surface area contributed by atoms with E-state index in [9.17, 15) is 0 Å². The normalized spacial score (nSPS) is 21.3. The van der Waals surface area contributed by atoms with Gasteiger partial charge >= 0.3 is 0 Å². The molecule has 0 atom stereocenters. The van der Waals surface area contributed by atoms with Gasteiger partial charge in [-0.1, -0.05) is 67.4 Å². The molecule has 1 fully saturated rings. The maximum absolute atomic E-state index is 2.39. The van der Waals surface area contributed by atoms with Gasteiger partial charge in [0.15, 0.2) is 0 Å². The summed E-state index contributed by atoms with van der Waals surface area (Å²) < 4.78 is 0. The Morgan fingerprint density at radius 2 is 1.22 bits per heavy atom. The Morgan fingerprint density at radius 3 is 1.70 bits per heavy atom. The minimum absolute atomic E-state index is 0.774. The quantitative estimate of drug-likeness (QED) is 0.571. The first kappa shape index (κ1) is 16.3. The van der Waals surface area contributed by atoms with E-state index in [1.807, 2.05) is 0 Å². The Hall–Kier alpha value is -1.56. The molecule has 0 unspecified atom stereocenters. The van der Waals surface area contributed by atoms with Crippen LogP contribution in [0.3, 0.4) is 0 Å². The second kappa shape index (κ2) is 7.81. The monoisotopic (exact) mass is 306 g/mol. The molecule has 1 aliphatic carbocycles. The molecule has 0 spiro atoms. The molecular formula is C23H30. The zero-order valence-corrected chi connectivity index (χ0v) is 14.7. The van der Waals surface area contributed by atoms with Crippen LogP contribution >= 0.6 is 0 Å². The molecule has 1 aliphatic rings. The molecule has 1 saturated carbocycles. The molecule has 0 saturated heterocycles. The van der Waals surface area contributed by atoms with Crippen molar-refractivity contribution >= 4 is 0 Å². The molecule has 0 aromatic heterocycles. The summed E-state index contributed by atoms with van der Waals surface area (Å²) in [7, 11) is 0. The number of unbranched alkanes of at least 4 members (excludes halogenated alkanes) is 1. The second-order valence-corrected chi connectivity index (χ2v) is 7.30. The van der Waals surface area contributed by atoms with Crippen molar-refractivity contribution in [2.75, 3.05) is 0 Å². The molecule has 0 heterocycles. The van der Waals surface area contributed by atoms with E-state index in [-0.39, 0.29) is 0 Å². The molecule has 23 heavy (non-hydrogen) atoms. The third kappa shape index (κ3) is 4.25. The number of hydrogen-bond donors (Lipinski definition) is 0. The lowest BCUT2D eigenvalue weighted by atomic mass is 9.76. The molecule has 0 aliphatic heterocycles. The number of hydrogen-bond acceptors (Lipinski definition) is 0. The van der Waals surface area contributed by atoms with E-state index in [4.69, 9.17) is 0 Å². The van der Waals surface area contributed by atoms with Gasteiger partial charge in [0.05, 0.1) is 0 Å². The van der Waals surface area contributed by atoms with Crippen LogP contribution in [-0.2, 0) is 6.42 Å². The van der Waals surface area contributed by atoms with Gasteiger partial charge in [-0.3, -0.25) is 0 Å². The van der Waals surface area contributed by atoms with E-state index in [1.54, 1.807) is 11.1 Å². The second-order valence-electron chi connectivity index (χ2n) is 7.30. The average Bonchev–Trinajstić information content (AvgIpc) is 2.61. The Bertz CT molecular complexity index is 583. The molecular weight excluding hydrogens is 276 g/mol. The molecule has 3 rings (SSSR count). The summed E-state index contributed by atoms with van der Waals surface area (Å²) in [5.41, 5.74) is 5.98. The van der Waals surface area contributed by atoms with Crippen LogP contribution < -0.4 is 0 Å². The molecule has 2 aromatic rings. The zero-order valence-electron chi connectivity index (χ0n) is 14.7. The molecule has 122 valence electrons. The fourth-order valence-electron chi connectivity index (χ4n) is 3.94. The fraction of sp³-hybridized carbons (Fsp3) is 0.478. The van der Waals surface area contributed by atoms with Crippen molar-refractivity contribution in [2.24, 2.45) is 0 Å². The fourth-order valence-corrected chi connectivity index (χ4v) is 3.94. The van der Waals surface area contributed by atoms with Crippen LogP contribution in [-0.4, -0.2) is 0 Å². The predicted octanol–water partition coefficient (Wildman–Crippen LogP) is 6.78. The van der Waals surface area contributed by atoms with Crippen LogP contribution in [0, 0.1) is 6.92 Å². The molecule has 0 nitrogen and oxygen atoms in total. The Labute approximate surface area is 141 Å². The van der Waals surface area contributed by atoms with Crippen molar-refractivity contribution in [1.82, 2.24) is 0 Å². The van der Waals surface area contributed by atoms with Gasteiger partial charge in [-0.15, -0.1) is 0 Å². The Morgan fingerprint density at radius 1 is 0.739 bits per heavy atom. The number of benzene rings is 2. The van der Waals surface area contributed by atoms with Gasteiger partial charge in [-0.25, -0.2) is 0 Å². The Balaban J connectivity index is 1.57. The summed E-state index contributed by atoms with van der Waals surface area (Å²) in [6.45, 7) is 4.44. The maximum atomic E-state index is 2.39. The van der Waals surface area contributed by atoms with E-state index >= 15 is 0 Å². The van der Waals surface area contributed by atoms with E-state index in [2.05, 4.69) is 62.4 Å². The van der Waals surface area contributed by atoms with Crippen molar-refractivity contribution in [3.63, 3.8) is 0 Å². The maximum Gasteiger partial charge on any atom is -0.0162 e. The van der Waals surface area contributed by atoms with Crippen LogP contribution in [0.4, 0.5) is 0 Å². The summed E-state index contributed by atoms with van der Waals surface area (Å²) in [5.74, 6) is 1.55. The van der Waals surface area contributed by atoms with Crippen LogP contribution in [0.5, 0.6) is 0 Å². The highest BCUT2D eigenvalue weighted by Gasteiger charge is 2.23. The first-order valence-electron chi connectivity index (χ1n) is 9.41. The van der Waals surface area contributed by atoms with Gasteiger partial charge in [-0.2, -0.15) is 0 Å². The third-order valence-electron chi connectivity index (χ3n) is 5.55. The van der Waals surface area contributed by atoms with Gasteiger partial charge in [0, 0.05) is 0 Å². The minimum Gasteiger partial charge on any atom is -0.0654 e. The summed E-state index contributed by atoms with van der Waals surface area (Å²) in [6, 6.07) is 18.7. The first-order valence-corrected chi connectivity index (χ1v) is 9.41. The Kier molecular flexibility index (Phi) is 5.54. The van der Waals surface area contributed by atoms with Crippen molar-refractivity contribution in [2.45, 2.75) is 70.6 Å². The van der Waals surface area contributed by atoms with Crippen LogP contribution in [0.2, 0.25) is 0 Å². The van der Waals surface area contributed by atoms with Crippen molar-refractivity contribution in [1.29, 1.82) is 0 Å². The van der Waals surface area contributed by atoms with E-state index < -0.39 is 0 Å². The van der Waals surface area contributed by atoms with Gasteiger partial charge in [0.2, 0.25) is 0 Å². The molecule has 0 N–H and O–H groups in total. The lowest BCUT2D eigenvalue weighted by Gasteiger charge is -2.29. The molecule has 0 bridgehead atoms. The molecule has 0 amide bonds. The standard InChI is InChI=1S/C23H30/c1-3-4-5-19-8-12-21(13-9-19)23-16-14-22(15-17-23)20-10-6-18(2)7-11-20/h6-13,22-23H,3-5,14-17H2,1-2H3. The summed E-state index contributed by atoms with van der Waals surface area (Å²) in [5, 5.41) is 0. The topological polar surface area (TPSA) is 0 Å². The molecule has 2 aromatic carbocycles. The smallest absolute Gasteiger partial charge is 0.0162 e. The van der Waals surface area contributed by atoms with Gasteiger partial charge in [0.25, 0.3) is 0 Å².